The second-order valence-electron chi connectivity index (χ2n) is 4.97. The van der Waals surface area contributed by atoms with Crippen LogP contribution in [0, 0.1) is 6.92 Å². The summed E-state index contributed by atoms with van der Waals surface area (Å²) in [5, 5.41) is 9.41. The summed E-state index contributed by atoms with van der Waals surface area (Å²) in [6.07, 6.45) is 2.88. The van der Waals surface area contributed by atoms with Crippen molar-refractivity contribution < 1.29 is 9.90 Å². The maximum absolute atomic E-state index is 11.4. The normalized spacial score (nSPS) is 26.0. The van der Waals surface area contributed by atoms with Gasteiger partial charge in [-0.25, -0.2) is 0 Å². The smallest absolute Gasteiger partial charge is 0.323 e. The van der Waals surface area contributed by atoms with Gasteiger partial charge < -0.3 is 5.11 Å². The van der Waals surface area contributed by atoms with Gasteiger partial charge >= 0.3 is 5.97 Å². The number of likely N-dealkylation sites (tertiary alicyclic amines) is 1. The minimum absolute atomic E-state index is 0.684. The molecule has 0 bridgehead atoms. The van der Waals surface area contributed by atoms with Crippen LogP contribution in [0.2, 0.25) is 0 Å². The SMILES string of the molecule is Cc1ccc(CN2CCCCC2(C)C(=O)O)s1. The van der Waals surface area contributed by atoms with Crippen LogP contribution < -0.4 is 0 Å². The predicted molar refractivity (Wildman–Crippen MR) is 69.4 cm³/mol. The molecule has 1 atom stereocenters. The lowest BCUT2D eigenvalue weighted by Crippen LogP contribution is -2.54. The summed E-state index contributed by atoms with van der Waals surface area (Å²) in [6.45, 7) is 5.59. The standard InChI is InChI=1S/C13H19NO2S/c1-10-5-6-11(17-10)9-14-8-4-3-7-13(14,2)12(15)16/h5-6H,3-4,7-9H2,1-2H3,(H,15,16). The molecule has 17 heavy (non-hydrogen) atoms. The molecule has 2 heterocycles. The molecule has 1 aliphatic heterocycles. The Balaban J connectivity index is 2.14. The molecule has 2 rings (SSSR count). The number of piperidine rings is 1. The molecule has 1 N–H and O–H groups in total. The lowest BCUT2D eigenvalue weighted by molar-refractivity contribution is -0.153. The highest BCUT2D eigenvalue weighted by Gasteiger charge is 2.41. The molecule has 0 saturated carbocycles. The van der Waals surface area contributed by atoms with Gasteiger partial charge in [0, 0.05) is 16.3 Å². The molecule has 1 aliphatic rings. The van der Waals surface area contributed by atoms with Crippen molar-refractivity contribution in [2.75, 3.05) is 6.54 Å². The number of hydrogen-bond donors (Lipinski definition) is 1. The maximum Gasteiger partial charge on any atom is 0.323 e. The summed E-state index contributed by atoms with van der Waals surface area (Å²) in [5.74, 6) is -0.689. The highest BCUT2D eigenvalue weighted by Crippen LogP contribution is 2.31. The average Bonchev–Trinajstić information content (AvgIpc) is 2.67. The molecule has 0 amide bonds. The molecular weight excluding hydrogens is 234 g/mol. The number of carbonyl (C=O) groups is 1. The minimum atomic E-state index is -0.689. The number of aliphatic carboxylic acids is 1. The first kappa shape index (κ1) is 12.6. The van der Waals surface area contributed by atoms with E-state index in [9.17, 15) is 9.90 Å². The fourth-order valence-electron chi connectivity index (χ4n) is 2.43. The Labute approximate surface area is 106 Å². The molecule has 94 valence electrons. The average molecular weight is 253 g/mol. The van der Waals surface area contributed by atoms with Crippen LogP contribution in [-0.2, 0) is 11.3 Å². The van der Waals surface area contributed by atoms with E-state index in [1.54, 1.807) is 11.3 Å². The van der Waals surface area contributed by atoms with Crippen molar-refractivity contribution in [3.63, 3.8) is 0 Å². The largest absolute Gasteiger partial charge is 0.480 e. The zero-order valence-electron chi connectivity index (χ0n) is 10.4. The summed E-state index contributed by atoms with van der Waals surface area (Å²) in [4.78, 5) is 16.1. The molecular formula is C13H19NO2S. The zero-order chi connectivity index (χ0) is 12.5. The highest BCUT2D eigenvalue weighted by atomic mass is 32.1. The third kappa shape index (κ3) is 2.53. The first-order valence-corrected chi connectivity index (χ1v) is 6.88. The summed E-state index contributed by atoms with van der Waals surface area (Å²) in [7, 11) is 0. The molecule has 0 aliphatic carbocycles. The van der Waals surface area contributed by atoms with E-state index in [2.05, 4.69) is 24.0 Å². The first-order valence-electron chi connectivity index (χ1n) is 6.06. The summed E-state index contributed by atoms with van der Waals surface area (Å²) >= 11 is 1.76. The predicted octanol–water partition coefficient (Wildman–Crippen LogP) is 2.89. The fourth-order valence-corrected chi connectivity index (χ4v) is 3.34. The van der Waals surface area contributed by atoms with Gasteiger partial charge in [-0.2, -0.15) is 0 Å². The van der Waals surface area contributed by atoms with E-state index in [0.717, 1.165) is 32.4 Å². The second kappa shape index (κ2) is 4.78. The molecule has 1 aromatic rings. The molecule has 4 heteroatoms. The van der Waals surface area contributed by atoms with Crippen molar-refractivity contribution in [3.05, 3.63) is 21.9 Å². The Morgan fingerprint density at radius 2 is 2.29 bits per heavy atom. The number of aryl methyl sites for hydroxylation is 1. The van der Waals surface area contributed by atoms with Gasteiger partial charge in [0.25, 0.3) is 0 Å². The molecule has 1 aromatic heterocycles. The topological polar surface area (TPSA) is 40.5 Å². The Kier molecular flexibility index (Phi) is 3.54. The summed E-state index contributed by atoms with van der Waals surface area (Å²) < 4.78 is 0. The zero-order valence-corrected chi connectivity index (χ0v) is 11.2. The molecule has 3 nitrogen and oxygen atoms in total. The van der Waals surface area contributed by atoms with E-state index in [0.29, 0.717) is 0 Å². The number of nitrogens with zero attached hydrogens (tertiary/aromatic N) is 1. The Morgan fingerprint density at radius 3 is 2.88 bits per heavy atom. The van der Waals surface area contributed by atoms with Crippen LogP contribution in [0.25, 0.3) is 0 Å². The molecule has 0 radical (unpaired) electrons. The van der Waals surface area contributed by atoms with E-state index in [1.807, 2.05) is 6.92 Å². The van der Waals surface area contributed by atoms with Crippen LogP contribution in [0.1, 0.15) is 35.9 Å². The number of carboxylic acids is 1. The van der Waals surface area contributed by atoms with Crippen LogP contribution in [-0.4, -0.2) is 28.1 Å². The van der Waals surface area contributed by atoms with Crippen molar-refractivity contribution in [1.29, 1.82) is 0 Å². The van der Waals surface area contributed by atoms with Crippen LogP contribution in [0.4, 0.5) is 0 Å². The molecule has 1 unspecified atom stereocenters. The van der Waals surface area contributed by atoms with Crippen LogP contribution >= 0.6 is 11.3 Å². The Hall–Kier alpha value is -0.870. The second-order valence-corrected chi connectivity index (χ2v) is 6.34. The van der Waals surface area contributed by atoms with Gasteiger partial charge in [0.05, 0.1) is 0 Å². The van der Waals surface area contributed by atoms with E-state index < -0.39 is 11.5 Å². The molecule has 0 spiro atoms. The van der Waals surface area contributed by atoms with Gasteiger partial charge in [0.2, 0.25) is 0 Å². The maximum atomic E-state index is 11.4. The number of carboxylic acid groups (broad SMARTS) is 1. The lowest BCUT2D eigenvalue weighted by Gasteiger charge is -2.41. The monoisotopic (exact) mass is 253 g/mol. The third-order valence-electron chi connectivity index (χ3n) is 3.64. The van der Waals surface area contributed by atoms with E-state index in [1.165, 1.54) is 9.75 Å². The van der Waals surface area contributed by atoms with Crippen molar-refractivity contribution >= 4 is 17.3 Å². The molecule has 0 aromatic carbocycles. The van der Waals surface area contributed by atoms with E-state index >= 15 is 0 Å². The van der Waals surface area contributed by atoms with Gasteiger partial charge in [-0.05, 0) is 51.8 Å². The van der Waals surface area contributed by atoms with Crippen molar-refractivity contribution in [2.24, 2.45) is 0 Å². The van der Waals surface area contributed by atoms with E-state index in [-0.39, 0.29) is 0 Å². The van der Waals surface area contributed by atoms with Crippen LogP contribution in [0.3, 0.4) is 0 Å². The quantitative estimate of drug-likeness (QED) is 0.900. The van der Waals surface area contributed by atoms with Crippen molar-refractivity contribution in [2.45, 2.75) is 45.2 Å². The number of hydrogen-bond acceptors (Lipinski definition) is 3. The van der Waals surface area contributed by atoms with Crippen molar-refractivity contribution in [1.82, 2.24) is 4.90 Å². The van der Waals surface area contributed by atoms with Gasteiger partial charge in [0.15, 0.2) is 0 Å². The first-order chi connectivity index (χ1) is 8.02. The number of rotatable bonds is 3. The lowest BCUT2D eigenvalue weighted by atomic mass is 9.88. The Bertz CT molecular complexity index is 415. The molecule has 1 fully saturated rings. The minimum Gasteiger partial charge on any atom is -0.480 e. The summed E-state index contributed by atoms with van der Waals surface area (Å²) in [6, 6.07) is 4.21. The van der Waals surface area contributed by atoms with E-state index in [4.69, 9.17) is 0 Å². The van der Waals surface area contributed by atoms with Gasteiger partial charge in [-0.1, -0.05) is 0 Å². The fraction of sp³-hybridized carbons (Fsp3) is 0.615. The third-order valence-corrected chi connectivity index (χ3v) is 4.63. The highest BCUT2D eigenvalue weighted by molar-refractivity contribution is 7.11. The van der Waals surface area contributed by atoms with Gasteiger partial charge in [0.1, 0.15) is 5.54 Å². The number of thiophene rings is 1. The molecule has 1 saturated heterocycles. The van der Waals surface area contributed by atoms with Crippen LogP contribution in [0.15, 0.2) is 12.1 Å². The van der Waals surface area contributed by atoms with Gasteiger partial charge in [-0.3, -0.25) is 9.69 Å². The summed E-state index contributed by atoms with van der Waals surface area (Å²) in [5.41, 5.74) is -0.684. The van der Waals surface area contributed by atoms with Gasteiger partial charge in [-0.15, -0.1) is 11.3 Å². The Morgan fingerprint density at radius 1 is 1.53 bits per heavy atom. The van der Waals surface area contributed by atoms with Crippen LogP contribution in [0.5, 0.6) is 0 Å². The van der Waals surface area contributed by atoms with Crippen molar-refractivity contribution in [3.8, 4) is 0 Å².